The van der Waals surface area contributed by atoms with Crippen molar-refractivity contribution in [3.63, 3.8) is 0 Å². The van der Waals surface area contributed by atoms with Crippen LogP contribution in [0.15, 0.2) is 48.5 Å². The Bertz CT molecular complexity index is 936. The number of alkyl halides is 5. The summed E-state index contributed by atoms with van der Waals surface area (Å²) in [5, 5.41) is 9.88. The van der Waals surface area contributed by atoms with Crippen molar-refractivity contribution in [2.24, 2.45) is 0 Å². The maximum absolute atomic E-state index is 13.4. The minimum atomic E-state index is -5.66. The van der Waals surface area contributed by atoms with Crippen LogP contribution in [0.2, 0.25) is 0 Å². The molecule has 0 amide bonds. The summed E-state index contributed by atoms with van der Waals surface area (Å²) >= 11 is 0. The maximum atomic E-state index is 13.4. The number of halogens is 5. The fourth-order valence-electron chi connectivity index (χ4n) is 2.84. The Morgan fingerprint density at radius 3 is 1.73 bits per heavy atom. The predicted octanol–water partition coefficient (Wildman–Crippen LogP) is 4.78. The van der Waals surface area contributed by atoms with Crippen LogP contribution in [-0.2, 0) is 5.60 Å². The van der Waals surface area contributed by atoms with Gasteiger partial charge in [0.05, 0.1) is 25.6 Å². The van der Waals surface area contributed by atoms with Gasteiger partial charge in [-0.25, -0.2) is 13.8 Å². The molecule has 0 spiro atoms. The Kier molecular flexibility index (Phi) is 5.71. The second-order valence-corrected chi connectivity index (χ2v) is 6.33. The molecule has 30 heavy (non-hydrogen) atoms. The van der Waals surface area contributed by atoms with Gasteiger partial charge < -0.3 is 19.6 Å². The first-order chi connectivity index (χ1) is 14.1. The van der Waals surface area contributed by atoms with Crippen LogP contribution in [0.5, 0.6) is 11.5 Å². The molecule has 0 aliphatic rings. The van der Waals surface area contributed by atoms with Crippen molar-refractivity contribution in [2.75, 3.05) is 14.2 Å². The standard InChI is InChI=1S/C20H17F5N2O3/c1-29-13-7-3-11(4-8-13)15-16(12-5-9-14(30-2)10-6-12)27-18(26-15)19(28,17(21)22)20(23,24)25/h3-10,17,28H,1-2H3,(H,26,27). The summed E-state index contributed by atoms with van der Waals surface area (Å²) in [5.41, 5.74) is -3.77. The molecule has 0 bridgehead atoms. The van der Waals surface area contributed by atoms with Gasteiger partial charge in [0.25, 0.3) is 12.0 Å². The topological polar surface area (TPSA) is 67.4 Å². The number of hydrogen-bond donors (Lipinski definition) is 2. The molecule has 2 N–H and O–H groups in total. The number of nitrogens with one attached hydrogen (secondary N) is 1. The van der Waals surface area contributed by atoms with Gasteiger partial charge in [0, 0.05) is 11.1 Å². The number of benzene rings is 2. The third-order valence-electron chi connectivity index (χ3n) is 4.55. The van der Waals surface area contributed by atoms with Gasteiger partial charge in [-0.2, -0.15) is 13.2 Å². The van der Waals surface area contributed by atoms with Crippen molar-refractivity contribution < 1.29 is 36.5 Å². The van der Waals surface area contributed by atoms with Crippen LogP contribution in [-0.4, -0.2) is 41.9 Å². The zero-order chi connectivity index (χ0) is 22.1. The molecular weight excluding hydrogens is 411 g/mol. The zero-order valence-electron chi connectivity index (χ0n) is 15.8. The van der Waals surface area contributed by atoms with E-state index in [2.05, 4.69) is 9.97 Å². The van der Waals surface area contributed by atoms with Gasteiger partial charge in [0.15, 0.2) is 5.82 Å². The van der Waals surface area contributed by atoms with E-state index in [9.17, 15) is 27.1 Å². The molecule has 1 heterocycles. The maximum Gasteiger partial charge on any atom is 0.430 e. The molecule has 0 radical (unpaired) electrons. The minimum absolute atomic E-state index is 0.0288. The number of nitrogens with zero attached hydrogens (tertiary/aromatic N) is 1. The van der Waals surface area contributed by atoms with Gasteiger partial charge in [-0.15, -0.1) is 0 Å². The van der Waals surface area contributed by atoms with Crippen molar-refractivity contribution >= 4 is 0 Å². The molecule has 1 unspecified atom stereocenters. The summed E-state index contributed by atoms with van der Waals surface area (Å²) in [6.45, 7) is 0. The van der Waals surface area contributed by atoms with E-state index in [1.165, 1.54) is 38.5 Å². The zero-order valence-corrected chi connectivity index (χ0v) is 15.8. The summed E-state index contributed by atoms with van der Waals surface area (Å²) in [5.74, 6) is -0.328. The average molecular weight is 428 g/mol. The molecule has 0 saturated heterocycles. The monoisotopic (exact) mass is 428 g/mol. The average Bonchev–Trinajstić information content (AvgIpc) is 3.18. The SMILES string of the molecule is COc1ccc(-c2nc(C(O)(C(F)F)C(F)(F)F)[nH]c2-c2ccc(OC)cc2)cc1. The lowest BCUT2D eigenvalue weighted by Crippen LogP contribution is -2.49. The number of imidazole rings is 1. The Labute approximate surface area is 168 Å². The highest BCUT2D eigenvalue weighted by molar-refractivity contribution is 5.79. The second kappa shape index (κ2) is 7.94. The summed E-state index contributed by atoms with van der Waals surface area (Å²) in [4.78, 5) is 6.00. The number of ether oxygens (including phenoxy) is 2. The molecular formula is C20H17F5N2O3. The summed E-state index contributed by atoms with van der Waals surface area (Å²) in [6.07, 6.45) is -9.82. The van der Waals surface area contributed by atoms with E-state index in [0.29, 0.717) is 22.6 Å². The molecule has 0 aliphatic heterocycles. The number of aliphatic hydroxyl groups is 1. The molecule has 0 saturated carbocycles. The number of aromatic amines is 1. The lowest BCUT2D eigenvalue weighted by molar-refractivity contribution is -0.308. The third kappa shape index (κ3) is 3.70. The van der Waals surface area contributed by atoms with Gasteiger partial charge in [-0.3, -0.25) is 0 Å². The number of rotatable bonds is 6. The summed E-state index contributed by atoms with van der Waals surface area (Å²) in [7, 11) is 2.88. The van der Waals surface area contributed by atoms with Gasteiger partial charge in [0.2, 0.25) is 0 Å². The second-order valence-electron chi connectivity index (χ2n) is 6.33. The molecule has 0 aliphatic carbocycles. The quantitative estimate of drug-likeness (QED) is 0.555. The van der Waals surface area contributed by atoms with E-state index in [1.807, 2.05) is 0 Å². The molecule has 3 aromatic rings. The van der Waals surface area contributed by atoms with Gasteiger partial charge in [-0.05, 0) is 48.5 Å². The largest absolute Gasteiger partial charge is 0.497 e. The van der Waals surface area contributed by atoms with E-state index >= 15 is 0 Å². The number of hydrogen-bond acceptors (Lipinski definition) is 4. The fourth-order valence-corrected chi connectivity index (χ4v) is 2.84. The molecule has 3 rings (SSSR count). The minimum Gasteiger partial charge on any atom is -0.497 e. The van der Waals surface area contributed by atoms with Crippen LogP contribution in [0, 0.1) is 0 Å². The van der Waals surface area contributed by atoms with E-state index in [1.54, 1.807) is 24.3 Å². The number of H-pyrrole nitrogens is 1. The first-order valence-electron chi connectivity index (χ1n) is 8.58. The van der Waals surface area contributed by atoms with Crippen molar-refractivity contribution in [3.8, 4) is 34.0 Å². The normalized spacial score (nSPS) is 13.9. The number of aromatic nitrogens is 2. The number of methoxy groups -OCH3 is 2. The Morgan fingerprint density at radius 1 is 0.867 bits per heavy atom. The van der Waals surface area contributed by atoms with E-state index in [4.69, 9.17) is 9.47 Å². The predicted molar refractivity (Wildman–Crippen MR) is 98.5 cm³/mol. The Balaban J connectivity index is 2.22. The Hall–Kier alpha value is -3.14. The lowest BCUT2D eigenvalue weighted by atomic mass is 10.0. The van der Waals surface area contributed by atoms with Gasteiger partial charge >= 0.3 is 6.18 Å². The Morgan fingerprint density at radius 2 is 1.33 bits per heavy atom. The van der Waals surface area contributed by atoms with Gasteiger partial charge in [-0.1, -0.05) is 0 Å². The summed E-state index contributed by atoms with van der Waals surface area (Å²) < 4.78 is 76.9. The molecule has 5 nitrogen and oxygen atoms in total. The van der Waals surface area contributed by atoms with E-state index in [-0.39, 0.29) is 11.4 Å². The molecule has 2 aromatic carbocycles. The lowest BCUT2D eigenvalue weighted by Gasteiger charge is -2.27. The molecule has 10 heteroatoms. The van der Waals surface area contributed by atoms with Crippen LogP contribution in [0.4, 0.5) is 22.0 Å². The molecule has 0 fully saturated rings. The van der Waals surface area contributed by atoms with E-state index < -0.39 is 24.0 Å². The van der Waals surface area contributed by atoms with E-state index in [0.717, 1.165) is 0 Å². The molecule has 1 aromatic heterocycles. The highest BCUT2D eigenvalue weighted by Crippen LogP contribution is 2.44. The van der Waals surface area contributed by atoms with Crippen LogP contribution in [0.3, 0.4) is 0 Å². The van der Waals surface area contributed by atoms with Crippen molar-refractivity contribution in [1.82, 2.24) is 9.97 Å². The highest BCUT2D eigenvalue weighted by atomic mass is 19.4. The molecule has 1 atom stereocenters. The highest BCUT2D eigenvalue weighted by Gasteiger charge is 2.64. The van der Waals surface area contributed by atoms with Crippen LogP contribution in [0.25, 0.3) is 22.5 Å². The first-order valence-corrected chi connectivity index (χ1v) is 8.58. The van der Waals surface area contributed by atoms with Crippen LogP contribution in [0.1, 0.15) is 5.82 Å². The fraction of sp³-hybridized carbons (Fsp3) is 0.250. The molecule has 160 valence electrons. The van der Waals surface area contributed by atoms with Crippen LogP contribution >= 0.6 is 0 Å². The summed E-state index contributed by atoms with van der Waals surface area (Å²) in [6, 6.07) is 12.3. The smallest absolute Gasteiger partial charge is 0.430 e. The van der Waals surface area contributed by atoms with Crippen molar-refractivity contribution in [2.45, 2.75) is 18.2 Å². The van der Waals surface area contributed by atoms with Gasteiger partial charge in [0.1, 0.15) is 11.5 Å². The first kappa shape index (κ1) is 21.6. The van der Waals surface area contributed by atoms with Crippen molar-refractivity contribution in [3.05, 3.63) is 54.4 Å². The third-order valence-corrected chi connectivity index (χ3v) is 4.55. The van der Waals surface area contributed by atoms with Crippen LogP contribution < -0.4 is 9.47 Å². The van der Waals surface area contributed by atoms with Crippen molar-refractivity contribution in [1.29, 1.82) is 0 Å².